The van der Waals surface area contributed by atoms with Crippen LogP contribution >= 0.6 is 0 Å². The third-order valence-electron chi connectivity index (χ3n) is 2.58. The van der Waals surface area contributed by atoms with Crippen LogP contribution in [-0.4, -0.2) is 36.5 Å². The van der Waals surface area contributed by atoms with Crippen LogP contribution < -0.4 is 5.32 Å². The van der Waals surface area contributed by atoms with Gasteiger partial charge < -0.3 is 5.32 Å². The van der Waals surface area contributed by atoms with Crippen LogP contribution in [0.4, 0.5) is 0 Å². The van der Waals surface area contributed by atoms with E-state index in [1.54, 1.807) is 11.0 Å². The second-order valence-corrected chi connectivity index (χ2v) is 5.53. The fourth-order valence-electron chi connectivity index (χ4n) is 1.70. The zero-order valence-corrected chi connectivity index (χ0v) is 9.66. The third kappa shape index (κ3) is 3.10. The second-order valence-electron chi connectivity index (χ2n) is 3.84. The summed E-state index contributed by atoms with van der Waals surface area (Å²) in [5, 5.41) is 7.59. The molecule has 2 heterocycles. The van der Waals surface area contributed by atoms with Crippen molar-refractivity contribution in [3.05, 3.63) is 12.2 Å². The smallest absolute Gasteiger partial charge is 0.164 e. The lowest BCUT2D eigenvalue weighted by atomic mass is 10.1. The predicted molar refractivity (Wildman–Crippen MR) is 58.7 cm³/mol. The second kappa shape index (κ2) is 4.85. The van der Waals surface area contributed by atoms with Gasteiger partial charge in [-0.25, -0.2) is 4.98 Å². The summed E-state index contributed by atoms with van der Waals surface area (Å²) < 4.78 is 12.8. The summed E-state index contributed by atoms with van der Waals surface area (Å²) in [6.07, 6.45) is 3.70. The highest BCUT2D eigenvalue weighted by Gasteiger charge is 2.17. The van der Waals surface area contributed by atoms with E-state index in [1.807, 2.05) is 7.05 Å². The standard InChI is InChI=1S/C9H16N4OS/c1-13-7-11-9(12-13)6-10-8-2-4-15(14)5-3-8/h7-8,10H,2-6H2,1H3. The summed E-state index contributed by atoms with van der Waals surface area (Å²) in [4.78, 5) is 4.14. The Bertz CT molecular complexity index is 342. The van der Waals surface area contributed by atoms with Gasteiger partial charge in [-0.2, -0.15) is 5.10 Å². The van der Waals surface area contributed by atoms with E-state index >= 15 is 0 Å². The highest BCUT2D eigenvalue weighted by molar-refractivity contribution is 7.85. The first-order valence-electron chi connectivity index (χ1n) is 5.17. The van der Waals surface area contributed by atoms with Crippen LogP contribution in [0.15, 0.2) is 6.33 Å². The molecular weight excluding hydrogens is 212 g/mol. The Hall–Kier alpha value is -0.750. The summed E-state index contributed by atoms with van der Waals surface area (Å²) >= 11 is 0. The molecule has 1 aromatic heterocycles. The van der Waals surface area contributed by atoms with Crippen LogP contribution in [0, 0.1) is 0 Å². The number of aromatic nitrogens is 3. The van der Waals surface area contributed by atoms with Crippen molar-refractivity contribution in [2.24, 2.45) is 7.05 Å². The topological polar surface area (TPSA) is 59.8 Å². The van der Waals surface area contributed by atoms with Gasteiger partial charge in [-0.1, -0.05) is 0 Å². The Morgan fingerprint density at radius 3 is 2.93 bits per heavy atom. The van der Waals surface area contributed by atoms with Gasteiger partial charge in [0, 0.05) is 35.4 Å². The molecule has 1 N–H and O–H groups in total. The molecule has 1 fully saturated rings. The molecule has 0 radical (unpaired) electrons. The van der Waals surface area contributed by atoms with E-state index in [2.05, 4.69) is 15.4 Å². The number of rotatable bonds is 3. The molecule has 0 bridgehead atoms. The Kier molecular flexibility index (Phi) is 3.48. The molecular formula is C9H16N4OS. The Morgan fingerprint density at radius 1 is 1.60 bits per heavy atom. The number of nitrogens with zero attached hydrogens (tertiary/aromatic N) is 3. The largest absolute Gasteiger partial charge is 0.307 e. The minimum Gasteiger partial charge on any atom is -0.307 e. The molecule has 1 saturated heterocycles. The summed E-state index contributed by atoms with van der Waals surface area (Å²) in [6.45, 7) is 0.706. The van der Waals surface area contributed by atoms with Gasteiger partial charge in [0.1, 0.15) is 6.33 Å². The van der Waals surface area contributed by atoms with Crippen molar-refractivity contribution < 1.29 is 4.21 Å². The van der Waals surface area contributed by atoms with Gasteiger partial charge in [0.15, 0.2) is 5.82 Å². The van der Waals surface area contributed by atoms with E-state index in [0.717, 1.165) is 30.2 Å². The monoisotopic (exact) mass is 228 g/mol. The summed E-state index contributed by atoms with van der Waals surface area (Å²) in [5.74, 6) is 2.48. The van der Waals surface area contributed by atoms with Crippen LogP contribution in [0.1, 0.15) is 18.7 Å². The summed E-state index contributed by atoms with van der Waals surface area (Å²) in [7, 11) is 1.28. The highest BCUT2D eigenvalue weighted by Crippen LogP contribution is 2.09. The third-order valence-corrected chi connectivity index (χ3v) is 3.97. The maximum atomic E-state index is 11.1. The molecule has 0 saturated carbocycles. The average molecular weight is 228 g/mol. The molecule has 84 valence electrons. The molecule has 5 nitrogen and oxygen atoms in total. The molecule has 1 aliphatic rings. The fraction of sp³-hybridized carbons (Fsp3) is 0.778. The lowest BCUT2D eigenvalue weighted by molar-refractivity contribution is 0.467. The van der Waals surface area contributed by atoms with E-state index < -0.39 is 10.8 Å². The van der Waals surface area contributed by atoms with Gasteiger partial charge in [0.25, 0.3) is 0 Å². The van der Waals surface area contributed by atoms with Crippen molar-refractivity contribution >= 4 is 10.8 Å². The van der Waals surface area contributed by atoms with Crippen LogP contribution in [0.5, 0.6) is 0 Å². The zero-order chi connectivity index (χ0) is 10.7. The Balaban J connectivity index is 1.76. The summed E-state index contributed by atoms with van der Waals surface area (Å²) in [6, 6.07) is 0.478. The first-order valence-corrected chi connectivity index (χ1v) is 6.66. The van der Waals surface area contributed by atoms with E-state index in [1.165, 1.54) is 0 Å². The van der Waals surface area contributed by atoms with Gasteiger partial charge in [-0.05, 0) is 12.8 Å². The molecule has 0 amide bonds. The molecule has 0 aromatic carbocycles. The first-order chi connectivity index (χ1) is 7.24. The van der Waals surface area contributed by atoms with Gasteiger partial charge in [0.05, 0.1) is 6.54 Å². The van der Waals surface area contributed by atoms with E-state index in [0.29, 0.717) is 12.6 Å². The zero-order valence-electron chi connectivity index (χ0n) is 8.85. The maximum absolute atomic E-state index is 11.1. The van der Waals surface area contributed by atoms with Gasteiger partial charge in [-0.3, -0.25) is 8.89 Å². The van der Waals surface area contributed by atoms with Crippen LogP contribution in [0.3, 0.4) is 0 Å². The average Bonchev–Trinajstić information content (AvgIpc) is 2.64. The molecule has 0 atom stereocenters. The molecule has 1 aliphatic heterocycles. The number of nitrogens with one attached hydrogen (secondary N) is 1. The normalized spacial score (nSPS) is 26.7. The molecule has 1 aromatic rings. The van der Waals surface area contributed by atoms with E-state index in [4.69, 9.17) is 0 Å². The molecule has 6 heteroatoms. The van der Waals surface area contributed by atoms with Crippen molar-refractivity contribution in [1.82, 2.24) is 20.1 Å². The van der Waals surface area contributed by atoms with Gasteiger partial charge in [-0.15, -0.1) is 0 Å². The van der Waals surface area contributed by atoms with E-state index in [9.17, 15) is 4.21 Å². The van der Waals surface area contributed by atoms with Crippen LogP contribution in [0.2, 0.25) is 0 Å². The lowest BCUT2D eigenvalue weighted by Gasteiger charge is -2.21. The fourth-order valence-corrected chi connectivity index (χ4v) is 3.00. The quantitative estimate of drug-likeness (QED) is 0.779. The molecule has 2 rings (SSSR count). The first kappa shape index (κ1) is 10.8. The lowest BCUT2D eigenvalue weighted by Crippen LogP contribution is -2.35. The van der Waals surface area contributed by atoms with Gasteiger partial charge >= 0.3 is 0 Å². The number of hydrogen-bond acceptors (Lipinski definition) is 4. The van der Waals surface area contributed by atoms with Crippen LogP contribution in [-0.2, 0) is 24.4 Å². The van der Waals surface area contributed by atoms with Crippen molar-refractivity contribution in [2.45, 2.75) is 25.4 Å². The molecule has 0 aliphatic carbocycles. The minimum absolute atomic E-state index is 0.478. The van der Waals surface area contributed by atoms with Crippen molar-refractivity contribution in [3.8, 4) is 0 Å². The maximum Gasteiger partial charge on any atom is 0.164 e. The van der Waals surface area contributed by atoms with Crippen molar-refractivity contribution in [2.75, 3.05) is 11.5 Å². The van der Waals surface area contributed by atoms with Crippen LogP contribution in [0.25, 0.3) is 0 Å². The molecule has 15 heavy (non-hydrogen) atoms. The predicted octanol–water partition coefficient (Wildman–Crippen LogP) is -0.184. The number of aryl methyl sites for hydroxylation is 1. The Labute approximate surface area is 91.7 Å². The van der Waals surface area contributed by atoms with Crippen molar-refractivity contribution in [3.63, 3.8) is 0 Å². The van der Waals surface area contributed by atoms with E-state index in [-0.39, 0.29) is 0 Å². The molecule has 0 spiro atoms. The Morgan fingerprint density at radius 2 is 2.33 bits per heavy atom. The minimum atomic E-state index is -0.580. The highest BCUT2D eigenvalue weighted by atomic mass is 32.2. The SMILES string of the molecule is Cn1cnc(CNC2CCS(=O)CC2)n1. The van der Waals surface area contributed by atoms with Gasteiger partial charge in [0.2, 0.25) is 0 Å². The van der Waals surface area contributed by atoms with Crippen molar-refractivity contribution in [1.29, 1.82) is 0 Å². The summed E-state index contributed by atoms with van der Waals surface area (Å²) in [5.41, 5.74) is 0. The molecule has 0 unspecified atom stereocenters. The number of hydrogen-bond donors (Lipinski definition) is 1.